The van der Waals surface area contributed by atoms with Crippen LogP contribution in [0.4, 0.5) is 18.9 Å². The summed E-state index contributed by atoms with van der Waals surface area (Å²) >= 11 is 5.03. The summed E-state index contributed by atoms with van der Waals surface area (Å²) in [5, 5.41) is 6.86. The molecule has 120 valence electrons. The van der Waals surface area contributed by atoms with Gasteiger partial charge in [0.05, 0.1) is 11.3 Å². The average molecular weight is 329 g/mol. The molecule has 0 heterocycles. The number of hydrogen-bond acceptors (Lipinski definition) is 2. The van der Waals surface area contributed by atoms with Gasteiger partial charge < -0.3 is 5.32 Å². The van der Waals surface area contributed by atoms with E-state index in [4.69, 9.17) is 12.2 Å². The number of nitrogens with zero attached hydrogens (tertiary/aromatic N) is 1. The predicted molar refractivity (Wildman–Crippen MR) is 85.9 cm³/mol. The van der Waals surface area contributed by atoms with Crippen LogP contribution < -0.4 is 10.7 Å². The third kappa shape index (κ3) is 4.43. The van der Waals surface area contributed by atoms with E-state index < -0.39 is 11.7 Å². The molecule has 0 radical (unpaired) electrons. The van der Waals surface area contributed by atoms with Gasteiger partial charge in [-0.3, -0.25) is 5.43 Å². The van der Waals surface area contributed by atoms with Gasteiger partial charge in [0.25, 0.3) is 0 Å². The van der Waals surface area contributed by atoms with Crippen LogP contribution in [0, 0.1) is 5.92 Å². The van der Waals surface area contributed by atoms with Gasteiger partial charge in [0.2, 0.25) is 0 Å². The summed E-state index contributed by atoms with van der Waals surface area (Å²) in [7, 11) is 0. The lowest BCUT2D eigenvalue weighted by molar-refractivity contribution is -0.136. The largest absolute Gasteiger partial charge is 0.418 e. The van der Waals surface area contributed by atoms with Gasteiger partial charge in [-0.1, -0.05) is 25.5 Å². The van der Waals surface area contributed by atoms with E-state index in [0.717, 1.165) is 31.0 Å². The van der Waals surface area contributed by atoms with Gasteiger partial charge in [-0.15, -0.1) is 0 Å². The molecule has 1 saturated carbocycles. The summed E-state index contributed by atoms with van der Waals surface area (Å²) in [6, 6.07) is 5.22. The summed E-state index contributed by atoms with van der Waals surface area (Å²) in [5.74, 6) is 0.381. The first-order valence-electron chi connectivity index (χ1n) is 7.17. The number of alkyl halides is 3. The van der Waals surface area contributed by atoms with Gasteiger partial charge in [0.15, 0.2) is 5.11 Å². The number of benzene rings is 1. The molecule has 2 N–H and O–H groups in total. The molecule has 0 saturated heterocycles. The molecule has 3 nitrogen and oxygen atoms in total. The second-order valence-corrected chi connectivity index (χ2v) is 5.77. The van der Waals surface area contributed by atoms with Crippen LogP contribution in [0.15, 0.2) is 29.4 Å². The minimum absolute atomic E-state index is 0.0574. The molecule has 0 amide bonds. The van der Waals surface area contributed by atoms with Gasteiger partial charge in [-0.25, -0.2) is 0 Å². The smallest absolute Gasteiger partial charge is 0.331 e. The Morgan fingerprint density at radius 3 is 2.68 bits per heavy atom. The zero-order valence-electron chi connectivity index (χ0n) is 12.2. The molecule has 1 aliphatic carbocycles. The second-order valence-electron chi connectivity index (χ2n) is 5.36. The van der Waals surface area contributed by atoms with E-state index in [-0.39, 0.29) is 10.8 Å². The van der Waals surface area contributed by atoms with Crippen molar-refractivity contribution in [1.29, 1.82) is 0 Å². The Morgan fingerprint density at radius 1 is 1.27 bits per heavy atom. The maximum absolute atomic E-state index is 12.9. The maximum atomic E-state index is 12.9. The molecule has 1 aromatic rings. The highest BCUT2D eigenvalue weighted by molar-refractivity contribution is 7.80. The molecule has 0 bridgehead atoms. The fraction of sp³-hybridized carbons (Fsp3) is 0.467. The number of anilines is 1. The molecule has 1 aliphatic rings. The van der Waals surface area contributed by atoms with E-state index in [9.17, 15) is 13.2 Å². The van der Waals surface area contributed by atoms with Crippen molar-refractivity contribution in [3.63, 3.8) is 0 Å². The molecule has 22 heavy (non-hydrogen) atoms. The number of rotatable bonds is 2. The first-order chi connectivity index (χ1) is 10.4. The lowest BCUT2D eigenvalue weighted by Gasteiger charge is -2.20. The van der Waals surface area contributed by atoms with Gasteiger partial charge in [0.1, 0.15) is 0 Å². The topological polar surface area (TPSA) is 36.4 Å². The third-order valence-corrected chi connectivity index (χ3v) is 3.86. The molecular formula is C15H18F3N3S. The van der Waals surface area contributed by atoms with E-state index in [1.54, 1.807) is 0 Å². The average Bonchev–Trinajstić information content (AvgIpc) is 2.46. The predicted octanol–water partition coefficient (Wildman–Crippen LogP) is 4.56. The number of hydrogen-bond donors (Lipinski definition) is 2. The van der Waals surface area contributed by atoms with Crippen molar-refractivity contribution in [2.45, 2.75) is 38.8 Å². The summed E-state index contributed by atoms with van der Waals surface area (Å²) in [6.45, 7) is 2.09. The van der Waals surface area contributed by atoms with Crippen LogP contribution in [0.5, 0.6) is 0 Å². The van der Waals surface area contributed by atoms with Crippen LogP contribution in [0.25, 0.3) is 0 Å². The zero-order chi connectivity index (χ0) is 16.2. The molecule has 0 spiro atoms. The van der Waals surface area contributed by atoms with Gasteiger partial charge in [-0.05, 0) is 49.5 Å². The summed E-state index contributed by atoms with van der Waals surface area (Å²) in [4.78, 5) is 0. The van der Waals surface area contributed by atoms with Gasteiger partial charge in [-0.2, -0.15) is 18.3 Å². The molecule has 1 aromatic carbocycles. The summed E-state index contributed by atoms with van der Waals surface area (Å²) in [5.41, 5.74) is 2.83. The Labute approximate surface area is 133 Å². The normalized spacial score (nSPS) is 20.7. The van der Waals surface area contributed by atoms with E-state index in [1.807, 2.05) is 0 Å². The number of hydrazone groups is 1. The number of para-hydroxylation sites is 1. The Morgan fingerprint density at radius 2 is 2.00 bits per heavy atom. The molecule has 2 rings (SSSR count). The van der Waals surface area contributed by atoms with Crippen molar-refractivity contribution in [2.24, 2.45) is 11.0 Å². The van der Waals surface area contributed by atoms with Crippen molar-refractivity contribution in [1.82, 2.24) is 5.43 Å². The fourth-order valence-electron chi connectivity index (χ4n) is 2.45. The van der Waals surface area contributed by atoms with Crippen molar-refractivity contribution in [3.05, 3.63) is 29.8 Å². The second kappa shape index (κ2) is 7.09. The number of halogens is 3. The molecule has 1 fully saturated rings. The fourth-order valence-corrected chi connectivity index (χ4v) is 2.60. The minimum Gasteiger partial charge on any atom is -0.331 e. The van der Waals surface area contributed by atoms with Gasteiger partial charge >= 0.3 is 6.18 Å². The molecule has 0 aromatic heterocycles. The lowest BCUT2D eigenvalue weighted by atomic mass is 9.89. The third-order valence-electron chi connectivity index (χ3n) is 3.67. The van der Waals surface area contributed by atoms with Crippen molar-refractivity contribution in [2.75, 3.05) is 5.32 Å². The van der Waals surface area contributed by atoms with E-state index >= 15 is 0 Å². The van der Waals surface area contributed by atoms with Crippen LogP contribution in [-0.2, 0) is 6.18 Å². The van der Waals surface area contributed by atoms with E-state index in [1.165, 1.54) is 24.6 Å². The standard InChI is InChI=1S/C15H18F3N3S/c1-10-6-2-4-8-12(10)20-21-14(22)19-13-9-5-3-7-11(13)15(16,17)18/h3,5,7,9-10H,2,4,6,8H2,1H3,(H2,19,21,22)/b20-12-/t10-/m0/s1. The Hall–Kier alpha value is -1.63. The SMILES string of the molecule is C[C@H]1CCCC/C1=N/NC(=S)Nc1ccccc1C(F)(F)F. The Bertz CT molecular complexity index is 569. The molecular weight excluding hydrogens is 311 g/mol. The monoisotopic (exact) mass is 329 g/mol. The quantitative estimate of drug-likeness (QED) is 0.617. The molecule has 1 atom stereocenters. The molecule has 0 unspecified atom stereocenters. The van der Waals surface area contributed by atoms with E-state index in [0.29, 0.717) is 5.92 Å². The summed E-state index contributed by atoms with van der Waals surface area (Å²) in [6.07, 6.45) is -0.180. The van der Waals surface area contributed by atoms with Crippen LogP contribution in [-0.4, -0.2) is 10.8 Å². The van der Waals surface area contributed by atoms with E-state index in [2.05, 4.69) is 22.8 Å². The van der Waals surface area contributed by atoms with Crippen LogP contribution >= 0.6 is 12.2 Å². The van der Waals surface area contributed by atoms with Crippen molar-refractivity contribution < 1.29 is 13.2 Å². The Kier molecular flexibility index (Phi) is 5.39. The van der Waals surface area contributed by atoms with Crippen molar-refractivity contribution >= 4 is 28.7 Å². The molecule has 7 heteroatoms. The lowest BCUT2D eigenvalue weighted by Crippen LogP contribution is -2.28. The number of thiocarbonyl (C=S) groups is 1. The highest BCUT2D eigenvalue weighted by Crippen LogP contribution is 2.34. The van der Waals surface area contributed by atoms with Crippen LogP contribution in [0.2, 0.25) is 0 Å². The maximum Gasteiger partial charge on any atom is 0.418 e. The highest BCUT2D eigenvalue weighted by atomic mass is 32.1. The highest BCUT2D eigenvalue weighted by Gasteiger charge is 2.33. The van der Waals surface area contributed by atoms with Crippen LogP contribution in [0.3, 0.4) is 0 Å². The first kappa shape index (κ1) is 16.7. The van der Waals surface area contributed by atoms with Gasteiger partial charge in [0, 0.05) is 5.71 Å². The van der Waals surface area contributed by atoms with Crippen LogP contribution in [0.1, 0.15) is 38.2 Å². The Balaban J connectivity index is 2.02. The first-order valence-corrected chi connectivity index (χ1v) is 7.58. The zero-order valence-corrected chi connectivity index (χ0v) is 13.0. The molecule has 0 aliphatic heterocycles. The summed E-state index contributed by atoms with van der Waals surface area (Å²) < 4.78 is 38.7. The number of nitrogens with one attached hydrogen (secondary N) is 2. The van der Waals surface area contributed by atoms with Crippen molar-refractivity contribution in [3.8, 4) is 0 Å². The minimum atomic E-state index is -4.43.